The molecule has 1 unspecified atom stereocenters. The second-order valence-corrected chi connectivity index (χ2v) is 8.43. The molecular formula is C21H22Cl2FN3OS. The van der Waals surface area contributed by atoms with Gasteiger partial charge in [0, 0.05) is 27.9 Å². The standard InChI is InChI=1S/C21H22Cl2FN3OS/c1-5-27-20(14(4)28-15-9-12(2)19(23)13(3)10-15)25-26-21(27)29-11-16-17(22)7-6-8-18(16)24/h6-10,14H,5,11H2,1-4H3. The van der Waals surface area contributed by atoms with Gasteiger partial charge in [-0.2, -0.15) is 0 Å². The van der Waals surface area contributed by atoms with Crippen LogP contribution in [0.25, 0.3) is 0 Å². The zero-order chi connectivity index (χ0) is 21.1. The van der Waals surface area contributed by atoms with E-state index in [1.54, 1.807) is 12.1 Å². The Morgan fingerprint density at radius 2 is 1.86 bits per heavy atom. The molecule has 1 atom stereocenters. The van der Waals surface area contributed by atoms with Crippen LogP contribution in [0.4, 0.5) is 4.39 Å². The summed E-state index contributed by atoms with van der Waals surface area (Å²) in [6.45, 7) is 8.50. The van der Waals surface area contributed by atoms with E-state index in [1.807, 2.05) is 44.4 Å². The lowest BCUT2D eigenvalue weighted by atomic mass is 10.1. The van der Waals surface area contributed by atoms with Crippen LogP contribution in [0.5, 0.6) is 5.75 Å². The molecule has 1 aromatic heterocycles. The highest BCUT2D eigenvalue weighted by molar-refractivity contribution is 7.98. The molecule has 0 amide bonds. The molecule has 1 heterocycles. The minimum Gasteiger partial charge on any atom is -0.483 e. The molecule has 29 heavy (non-hydrogen) atoms. The molecule has 0 spiro atoms. The van der Waals surface area contributed by atoms with E-state index in [0.717, 1.165) is 21.9 Å². The second-order valence-electron chi connectivity index (χ2n) is 6.71. The number of benzene rings is 2. The van der Waals surface area contributed by atoms with E-state index in [0.29, 0.717) is 33.9 Å². The molecule has 0 bridgehead atoms. The van der Waals surface area contributed by atoms with Gasteiger partial charge in [0.2, 0.25) is 0 Å². The Labute approximate surface area is 184 Å². The van der Waals surface area contributed by atoms with Gasteiger partial charge in [0.1, 0.15) is 11.6 Å². The molecule has 0 saturated heterocycles. The molecule has 0 N–H and O–H groups in total. The number of aromatic nitrogens is 3. The largest absolute Gasteiger partial charge is 0.483 e. The summed E-state index contributed by atoms with van der Waals surface area (Å²) in [5.41, 5.74) is 2.38. The molecule has 0 fully saturated rings. The molecule has 0 radical (unpaired) electrons. The van der Waals surface area contributed by atoms with Gasteiger partial charge < -0.3 is 9.30 Å². The third-order valence-electron chi connectivity index (χ3n) is 4.56. The third kappa shape index (κ3) is 4.87. The zero-order valence-electron chi connectivity index (χ0n) is 16.7. The van der Waals surface area contributed by atoms with E-state index in [-0.39, 0.29) is 11.9 Å². The van der Waals surface area contributed by atoms with Crippen LogP contribution in [-0.4, -0.2) is 14.8 Å². The predicted molar refractivity (Wildman–Crippen MR) is 117 cm³/mol. The summed E-state index contributed by atoms with van der Waals surface area (Å²) in [6, 6.07) is 8.51. The van der Waals surface area contributed by atoms with Gasteiger partial charge in [-0.05, 0) is 63.1 Å². The van der Waals surface area contributed by atoms with E-state index < -0.39 is 0 Å². The molecule has 8 heteroatoms. The number of thioether (sulfide) groups is 1. The quantitative estimate of drug-likeness (QED) is 0.369. The Bertz CT molecular complexity index is 982. The van der Waals surface area contributed by atoms with Gasteiger partial charge in [-0.1, -0.05) is 41.0 Å². The minimum atomic E-state index is -0.321. The Hall–Kier alpha value is -1.76. The molecule has 0 saturated carbocycles. The molecule has 3 rings (SSSR count). The average Bonchev–Trinajstić information content (AvgIpc) is 3.08. The van der Waals surface area contributed by atoms with Gasteiger partial charge in [0.15, 0.2) is 17.1 Å². The number of ether oxygens (including phenoxy) is 1. The van der Waals surface area contributed by atoms with Gasteiger partial charge in [0.25, 0.3) is 0 Å². The van der Waals surface area contributed by atoms with Crippen molar-refractivity contribution in [1.29, 1.82) is 0 Å². The number of hydrogen-bond acceptors (Lipinski definition) is 4. The maximum absolute atomic E-state index is 14.0. The van der Waals surface area contributed by atoms with E-state index in [4.69, 9.17) is 27.9 Å². The maximum Gasteiger partial charge on any atom is 0.191 e. The number of nitrogens with zero attached hydrogens (tertiary/aromatic N) is 3. The summed E-state index contributed by atoms with van der Waals surface area (Å²) in [5.74, 6) is 1.49. The van der Waals surface area contributed by atoms with Crippen LogP contribution < -0.4 is 4.74 Å². The molecule has 0 aliphatic rings. The summed E-state index contributed by atoms with van der Waals surface area (Å²) in [4.78, 5) is 0. The van der Waals surface area contributed by atoms with E-state index in [2.05, 4.69) is 10.2 Å². The Morgan fingerprint density at radius 1 is 1.17 bits per heavy atom. The summed E-state index contributed by atoms with van der Waals surface area (Å²) in [5, 5.41) is 10.4. The monoisotopic (exact) mass is 453 g/mol. The van der Waals surface area contributed by atoms with Crippen LogP contribution in [0.2, 0.25) is 10.0 Å². The first-order chi connectivity index (χ1) is 13.8. The van der Waals surface area contributed by atoms with Crippen molar-refractivity contribution in [2.24, 2.45) is 0 Å². The van der Waals surface area contributed by atoms with Crippen LogP contribution in [-0.2, 0) is 12.3 Å². The lowest BCUT2D eigenvalue weighted by molar-refractivity contribution is 0.209. The summed E-state index contributed by atoms with van der Waals surface area (Å²) >= 11 is 13.8. The fourth-order valence-electron chi connectivity index (χ4n) is 3.04. The van der Waals surface area contributed by atoms with Crippen LogP contribution in [0.15, 0.2) is 35.5 Å². The van der Waals surface area contributed by atoms with Crippen LogP contribution in [0, 0.1) is 19.7 Å². The van der Waals surface area contributed by atoms with Crippen molar-refractivity contribution in [3.8, 4) is 5.75 Å². The van der Waals surface area contributed by atoms with Crippen LogP contribution >= 0.6 is 35.0 Å². The summed E-state index contributed by atoms with van der Waals surface area (Å²) in [7, 11) is 0. The van der Waals surface area contributed by atoms with Crippen molar-refractivity contribution in [3.05, 3.63) is 68.7 Å². The highest BCUT2D eigenvalue weighted by Gasteiger charge is 2.20. The van der Waals surface area contributed by atoms with Crippen LogP contribution in [0.3, 0.4) is 0 Å². The van der Waals surface area contributed by atoms with E-state index >= 15 is 0 Å². The topological polar surface area (TPSA) is 39.9 Å². The van der Waals surface area contributed by atoms with Crippen molar-refractivity contribution in [1.82, 2.24) is 14.8 Å². The van der Waals surface area contributed by atoms with Crippen LogP contribution in [0.1, 0.15) is 42.5 Å². The Kier molecular flexibility index (Phi) is 7.09. The lowest BCUT2D eigenvalue weighted by Gasteiger charge is -2.17. The first-order valence-electron chi connectivity index (χ1n) is 9.24. The molecule has 0 aliphatic heterocycles. The second kappa shape index (κ2) is 9.37. The Morgan fingerprint density at radius 3 is 2.48 bits per heavy atom. The summed E-state index contributed by atoms with van der Waals surface area (Å²) < 4.78 is 22.1. The zero-order valence-corrected chi connectivity index (χ0v) is 19.0. The highest BCUT2D eigenvalue weighted by atomic mass is 35.5. The molecule has 2 aromatic carbocycles. The maximum atomic E-state index is 14.0. The first kappa shape index (κ1) is 21.9. The van der Waals surface area contributed by atoms with Crippen molar-refractivity contribution < 1.29 is 9.13 Å². The van der Waals surface area contributed by atoms with Crippen molar-refractivity contribution in [2.75, 3.05) is 0 Å². The van der Waals surface area contributed by atoms with Crippen molar-refractivity contribution >= 4 is 35.0 Å². The third-order valence-corrected chi connectivity index (χ3v) is 6.50. The smallest absolute Gasteiger partial charge is 0.191 e. The van der Waals surface area contributed by atoms with Gasteiger partial charge in [0.05, 0.1) is 0 Å². The van der Waals surface area contributed by atoms with E-state index in [1.165, 1.54) is 17.8 Å². The van der Waals surface area contributed by atoms with Gasteiger partial charge in [-0.25, -0.2) is 4.39 Å². The highest BCUT2D eigenvalue weighted by Crippen LogP contribution is 2.31. The van der Waals surface area contributed by atoms with Gasteiger partial charge >= 0.3 is 0 Å². The predicted octanol–water partition coefficient (Wildman–Crippen LogP) is 6.79. The number of rotatable bonds is 7. The number of halogens is 3. The fraction of sp³-hybridized carbons (Fsp3) is 0.333. The Balaban J connectivity index is 1.78. The number of aryl methyl sites for hydroxylation is 2. The average molecular weight is 454 g/mol. The first-order valence-corrected chi connectivity index (χ1v) is 11.0. The lowest BCUT2D eigenvalue weighted by Crippen LogP contribution is -2.12. The SMILES string of the molecule is CCn1c(SCc2c(F)cccc2Cl)nnc1C(C)Oc1cc(C)c(Cl)c(C)c1. The summed E-state index contributed by atoms with van der Waals surface area (Å²) in [6.07, 6.45) is -0.311. The fourth-order valence-corrected chi connectivity index (χ4v) is 4.50. The van der Waals surface area contributed by atoms with Crippen molar-refractivity contribution in [3.63, 3.8) is 0 Å². The van der Waals surface area contributed by atoms with Crippen molar-refractivity contribution in [2.45, 2.75) is 51.3 Å². The normalized spacial score (nSPS) is 12.2. The molecular weight excluding hydrogens is 432 g/mol. The molecule has 154 valence electrons. The van der Waals surface area contributed by atoms with Gasteiger partial charge in [-0.15, -0.1) is 10.2 Å². The minimum absolute atomic E-state index is 0.311. The van der Waals surface area contributed by atoms with E-state index in [9.17, 15) is 4.39 Å². The molecule has 3 aromatic rings. The molecule has 0 aliphatic carbocycles. The van der Waals surface area contributed by atoms with Gasteiger partial charge in [-0.3, -0.25) is 0 Å². The number of hydrogen-bond donors (Lipinski definition) is 0. The molecule has 4 nitrogen and oxygen atoms in total.